The Labute approximate surface area is 115 Å². The second-order valence-electron chi connectivity index (χ2n) is 6.24. The van der Waals surface area contributed by atoms with E-state index in [1.807, 2.05) is 0 Å². The Hall–Kier alpha value is -0.500. The summed E-state index contributed by atoms with van der Waals surface area (Å²) in [5, 5.41) is 0. The molecule has 0 saturated carbocycles. The van der Waals surface area contributed by atoms with Crippen LogP contribution in [0, 0.1) is 5.92 Å². The molecule has 0 aliphatic heterocycles. The zero-order chi connectivity index (χ0) is 14.1. The van der Waals surface area contributed by atoms with Crippen molar-refractivity contribution in [2.75, 3.05) is 27.2 Å². The standard InChI is InChI=1S/C16H34N2/c1-14(2)11-9-8-10-12-17(6)16(5)13-18(7)15(3)4/h14-15H,5,8-13H2,1-4,6-7H3. The van der Waals surface area contributed by atoms with Gasteiger partial charge in [0.05, 0.1) is 0 Å². The number of nitrogens with zero attached hydrogens (tertiary/aromatic N) is 2. The van der Waals surface area contributed by atoms with E-state index in [0.717, 1.165) is 19.0 Å². The Morgan fingerprint density at radius 3 is 2.11 bits per heavy atom. The molecule has 0 amide bonds. The van der Waals surface area contributed by atoms with Gasteiger partial charge in [-0.05, 0) is 33.2 Å². The van der Waals surface area contributed by atoms with E-state index in [1.165, 1.54) is 31.4 Å². The molecule has 0 atom stereocenters. The molecule has 0 unspecified atom stereocenters. The lowest BCUT2D eigenvalue weighted by atomic mass is 10.1. The van der Waals surface area contributed by atoms with Gasteiger partial charge in [0.25, 0.3) is 0 Å². The van der Waals surface area contributed by atoms with Gasteiger partial charge < -0.3 is 4.90 Å². The molecule has 0 rings (SSSR count). The zero-order valence-electron chi connectivity index (χ0n) is 13.5. The first-order valence-corrected chi connectivity index (χ1v) is 7.43. The minimum absolute atomic E-state index is 0.584. The van der Waals surface area contributed by atoms with Crippen LogP contribution in [0.15, 0.2) is 12.3 Å². The van der Waals surface area contributed by atoms with E-state index in [4.69, 9.17) is 0 Å². The number of rotatable bonds is 10. The fourth-order valence-electron chi connectivity index (χ4n) is 1.83. The van der Waals surface area contributed by atoms with Crippen molar-refractivity contribution in [1.82, 2.24) is 9.80 Å². The molecule has 18 heavy (non-hydrogen) atoms. The van der Waals surface area contributed by atoms with Crippen LogP contribution in [0.1, 0.15) is 53.4 Å². The van der Waals surface area contributed by atoms with Gasteiger partial charge >= 0.3 is 0 Å². The van der Waals surface area contributed by atoms with Crippen LogP contribution >= 0.6 is 0 Å². The van der Waals surface area contributed by atoms with Crippen LogP contribution in [-0.2, 0) is 0 Å². The van der Waals surface area contributed by atoms with E-state index in [9.17, 15) is 0 Å². The average molecular weight is 254 g/mol. The van der Waals surface area contributed by atoms with Gasteiger partial charge in [0.2, 0.25) is 0 Å². The lowest BCUT2D eigenvalue weighted by Gasteiger charge is -2.28. The maximum atomic E-state index is 4.19. The first kappa shape index (κ1) is 17.5. The maximum Gasteiger partial charge on any atom is 0.0377 e. The molecule has 0 bridgehead atoms. The minimum atomic E-state index is 0.584. The first-order chi connectivity index (χ1) is 8.34. The quantitative estimate of drug-likeness (QED) is 0.544. The van der Waals surface area contributed by atoms with E-state index < -0.39 is 0 Å². The van der Waals surface area contributed by atoms with E-state index in [2.05, 4.69) is 58.2 Å². The molecule has 0 spiro atoms. The number of hydrogen-bond donors (Lipinski definition) is 0. The van der Waals surface area contributed by atoms with Crippen LogP contribution < -0.4 is 0 Å². The summed E-state index contributed by atoms with van der Waals surface area (Å²) < 4.78 is 0. The molecule has 108 valence electrons. The van der Waals surface area contributed by atoms with Crippen LogP contribution in [0.2, 0.25) is 0 Å². The monoisotopic (exact) mass is 254 g/mol. The third-order valence-corrected chi connectivity index (χ3v) is 3.63. The van der Waals surface area contributed by atoms with Gasteiger partial charge in [0.15, 0.2) is 0 Å². The molecule has 0 aromatic heterocycles. The van der Waals surface area contributed by atoms with Gasteiger partial charge in [-0.3, -0.25) is 4.90 Å². The Morgan fingerprint density at radius 2 is 1.61 bits per heavy atom. The molecule has 0 N–H and O–H groups in total. The van der Waals surface area contributed by atoms with Crippen molar-refractivity contribution in [1.29, 1.82) is 0 Å². The molecule has 0 aromatic rings. The van der Waals surface area contributed by atoms with Crippen LogP contribution in [0.25, 0.3) is 0 Å². The molecular weight excluding hydrogens is 220 g/mol. The van der Waals surface area contributed by atoms with Crippen molar-refractivity contribution in [2.45, 2.75) is 59.4 Å². The lowest BCUT2D eigenvalue weighted by molar-refractivity contribution is 0.262. The number of unbranched alkanes of at least 4 members (excludes halogenated alkanes) is 2. The van der Waals surface area contributed by atoms with Crippen molar-refractivity contribution >= 4 is 0 Å². The fraction of sp³-hybridized carbons (Fsp3) is 0.875. The highest BCUT2D eigenvalue weighted by Crippen LogP contribution is 2.10. The van der Waals surface area contributed by atoms with E-state index in [1.54, 1.807) is 0 Å². The summed E-state index contributed by atoms with van der Waals surface area (Å²) in [5.74, 6) is 0.845. The lowest BCUT2D eigenvalue weighted by Crippen LogP contribution is -2.33. The average Bonchev–Trinajstić information content (AvgIpc) is 2.27. The van der Waals surface area contributed by atoms with Gasteiger partial charge in [0, 0.05) is 31.9 Å². The highest BCUT2D eigenvalue weighted by molar-refractivity contribution is 4.95. The molecule has 0 aromatic carbocycles. The summed E-state index contributed by atoms with van der Waals surface area (Å²) >= 11 is 0. The van der Waals surface area contributed by atoms with Crippen molar-refractivity contribution in [3.8, 4) is 0 Å². The van der Waals surface area contributed by atoms with Crippen LogP contribution in [0.5, 0.6) is 0 Å². The predicted molar refractivity (Wildman–Crippen MR) is 82.8 cm³/mol. The largest absolute Gasteiger partial charge is 0.377 e. The topological polar surface area (TPSA) is 6.48 Å². The predicted octanol–water partition coefficient (Wildman–Crippen LogP) is 3.99. The summed E-state index contributed by atoms with van der Waals surface area (Å²) in [6.45, 7) is 15.3. The maximum absolute atomic E-state index is 4.19. The summed E-state index contributed by atoms with van der Waals surface area (Å²) in [6, 6.07) is 0.584. The van der Waals surface area contributed by atoms with Gasteiger partial charge in [0.1, 0.15) is 0 Å². The molecule has 0 aliphatic rings. The second-order valence-corrected chi connectivity index (χ2v) is 6.24. The van der Waals surface area contributed by atoms with E-state index in [0.29, 0.717) is 6.04 Å². The van der Waals surface area contributed by atoms with E-state index >= 15 is 0 Å². The number of hydrogen-bond acceptors (Lipinski definition) is 2. The van der Waals surface area contributed by atoms with Crippen molar-refractivity contribution in [2.24, 2.45) is 5.92 Å². The second kappa shape index (κ2) is 9.43. The minimum Gasteiger partial charge on any atom is -0.377 e. The molecule has 2 heteroatoms. The third kappa shape index (κ3) is 8.57. The fourth-order valence-corrected chi connectivity index (χ4v) is 1.83. The molecular formula is C16H34N2. The van der Waals surface area contributed by atoms with Gasteiger partial charge in [-0.1, -0.05) is 39.7 Å². The van der Waals surface area contributed by atoms with Crippen molar-refractivity contribution in [3.05, 3.63) is 12.3 Å². The van der Waals surface area contributed by atoms with Crippen LogP contribution in [0.4, 0.5) is 0 Å². The molecule has 0 radical (unpaired) electrons. The van der Waals surface area contributed by atoms with Gasteiger partial charge in [-0.25, -0.2) is 0 Å². The van der Waals surface area contributed by atoms with E-state index in [-0.39, 0.29) is 0 Å². The molecule has 2 nitrogen and oxygen atoms in total. The number of likely N-dealkylation sites (N-methyl/N-ethyl adjacent to an activating group) is 2. The summed E-state index contributed by atoms with van der Waals surface area (Å²) in [4.78, 5) is 4.64. The molecule has 0 heterocycles. The molecule has 0 fully saturated rings. The van der Waals surface area contributed by atoms with Gasteiger partial charge in [-0.15, -0.1) is 0 Å². The highest BCUT2D eigenvalue weighted by Gasteiger charge is 2.08. The Bertz CT molecular complexity index is 221. The van der Waals surface area contributed by atoms with Crippen LogP contribution in [0.3, 0.4) is 0 Å². The zero-order valence-corrected chi connectivity index (χ0v) is 13.5. The summed E-state index contributed by atoms with van der Waals surface area (Å²) in [5.41, 5.74) is 1.23. The van der Waals surface area contributed by atoms with Crippen molar-refractivity contribution < 1.29 is 0 Å². The van der Waals surface area contributed by atoms with Gasteiger partial charge in [-0.2, -0.15) is 0 Å². The smallest absolute Gasteiger partial charge is 0.0377 e. The summed E-state index contributed by atoms with van der Waals surface area (Å²) in [6.07, 6.45) is 5.36. The highest BCUT2D eigenvalue weighted by atomic mass is 15.2. The Morgan fingerprint density at radius 1 is 1.00 bits per heavy atom. The first-order valence-electron chi connectivity index (χ1n) is 7.43. The Balaban J connectivity index is 3.68. The molecule has 0 aliphatic carbocycles. The van der Waals surface area contributed by atoms with Crippen molar-refractivity contribution in [3.63, 3.8) is 0 Å². The molecule has 0 saturated heterocycles. The van der Waals surface area contributed by atoms with Crippen LogP contribution in [-0.4, -0.2) is 43.0 Å². The SMILES string of the molecule is C=C(CN(C)C(C)C)N(C)CCCCCC(C)C. The Kier molecular flexibility index (Phi) is 9.17. The summed E-state index contributed by atoms with van der Waals surface area (Å²) in [7, 11) is 4.32. The third-order valence-electron chi connectivity index (χ3n) is 3.63. The normalized spacial score (nSPS) is 11.6.